The Bertz CT molecular complexity index is 917. The number of hydrogen-bond donors (Lipinski definition) is 0. The zero-order valence-electron chi connectivity index (χ0n) is 20.6. The van der Waals surface area contributed by atoms with E-state index in [1.165, 1.54) is 12.7 Å². The minimum atomic E-state index is -0.494. The second kappa shape index (κ2) is 11.9. The van der Waals surface area contributed by atoms with Gasteiger partial charge in [0.15, 0.2) is 6.61 Å². The molecule has 1 saturated carbocycles. The Kier molecular flexibility index (Phi) is 8.68. The van der Waals surface area contributed by atoms with Gasteiger partial charge in [-0.1, -0.05) is 31.9 Å². The average Bonchev–Trinajstić information content (AvgIpc) is 3.17. The van der Waals surface area contributed by atoms with Crippen LogP contribution in [0.2, 0.25) is 0 Å². The van der Waals surface area contributed by atoms with Crippen LogP contribution in [0, 0.1) is 23.0 Å². The van der Waals surface area contributed by atoms with E-state index in [1.54, 1.807) is 0 Å². The molecule has 1 aliphatic heterocycles. The number of carbonyl (C=O) groups is 2. The lowest BCUT2D eigenvalue weighted by atomic mass is 9.73. The standard InChI is InChI=1S/C27H36NO7/c1-3-4-5-8-20-10-11-21-22-14-18-7-6-9-24(33-17-27(30)32-2)23(18)15-19(22)16-25(21)35-28(31)13-12-26(29)34-20/h6-7,9,12-13,19-22,25H,3-5,8,10-11,14-17H2,1-2H3/q-1/t19-,20-,21?,22-,25+/m0/s1. The van der Waals surface area contributed by atoms with Crippen molar-refractivity contribution in [3.05, 3.63) is 46.8 Å². The molecule has 8 nitrogen and oxygen atoms in total. The Morgan fingerprint density at radius 3 is 2.86 bits per heavy atom. The second-order valence-electron chi connectivity index (χ2n) is 9.87. The maximum atomic E-state index is 12.4. The van der Waals surface area contributed by atoms with Gasteiger partial charge in [-0.05, 0) is 79.9 Å². The highest BCUT2D eigenvalue weighted by molar-refractivity contribution is 5.81. The van der Waals surface area contributed by atoms with Crippen LogP contribution in [0.15, 0.2) is 30.5 Å². The fraction of sp³-hybridized carbons (Fsp3) is 0.630. The fourth-order valence-corrected chi connectivity index (χ4v) is 5.98. The van der Waals surface area contributed by atoms with Gasteiger partial charge in [0.05, 0.1) is 13.2 Å². The summed E-state index contributed by atoms with van der Waals surface area (Å²) in [5.74, 6) is 0.730. The van der Waals surface area contributed by atoms with Crippen LogP contribution in [0.5, 0.6) is 5.75 Å². The van der Waals surface area contributed by atoms with Gasteiger partial charge in [0, 0.05) is 12.3 Å². The fourth-order valence-electron chi connectivity index (χ4n) is 5.98. The van der Waals surface area contributed by atoms with Crippen LogP contribution in [0.1, 0.15) is 63.0 Å². The van der Waals surface area contributed by atoms with Gasteiger partial charge in [-0.2, -0.15) is 0 Å². The summed E-state index contributed by atoms with van der Waals surface area (Å²) in [6, 6.07) is 5.97. The number of cyclic esters (lactones) is 1. The number of carbonyl (C=O) groups excluding carboxylic acids is 2. The van der Waals surface area contributed by atoms with Crippen LogP contribution in [-0.2, 0) is 36.7 Å². The smallest absolute Gasteiger partial charge is 0.343 e. The normalized spacial score (nSPS) is 28.3. The largest absolute Gasteiger partial charge is 0.734 e. The summed E-state index contributed by atoms with van der Waals surface area (Å²) < 4.78 is 16.2. The molecule has 0 N–H and O–H groups in total. The van der Waals surface area contributed by atoms with E-state index in [4.69, 9.17) is 19.0 Å². The molecule has 1 unspecified atom stereocenters. The molecule has 0 radical (unpaired) electrons. The Labute approximate surface area is 207 Å². The molecule has 0 bridgehead atoms. The van der Waals surface area contributed by atoms with Gasteiger partial charge in [0.2, 0.25) is 0 Å². The Morgan fingerprint density at radius 1 is 1.20 bits per heavy atom. The predicted molar refractivity (Wildman–Crippen MR) is 129 cm³/mol. The molecule has 5 atom stereocenters. The Balaban J connectivity index is 1.51. The van der Waals surface area contributed by atoms with Crippen molar-refractivity contribution in [2.24, 2.45) is 17.8 Å². The number of ether oxygens (including phenoxy) is 3. The number of hydroxylamine groups is 2. The molecule has 35 heavy (non-hydrogen) atoms. The van der Waals surface area contributed by atoms with E-state index < -0.39 is 11.9 Å². The number of benzene rings is 1. The van der Waals surface area contributed by atoms with Gasteiger partial charge < -0.3 is 24.6 Å². The average molecular weight is 487 g/mol. The number of rotatable bonds is 7. The highest BCUT2D eigenvalue weighted by Crippen LogP contribution is 2.49. The number of nitrogens with zero attached hydrogens (tertiary/aromatic N) is 1. The molecule has 4 rings (SSSR count). The molecule has 2 aliphatic carbocycles. The summed E-state index contributed by atoms with van der Waals surface area (Å²) in [6.07, 6.45) is 10.0. The van der Waals surface area contributed by atoms with E-state index in [9.17, 15) is 14.8 Å². The first-order valence-corrected chi connectivity index (χ1v) is 12.8. The zero-order valence-corrected chi connectivity index (χ0v) is 20.6. The molecule has 1 aromatic carbocycles. The van der Waals surface area contributed by atoms with Crippen LogP contribution >= 0.6 is 0 Å². The van der Waals surface area contributed by atoms with Crippen molar-refractivity contribution in [2.75, 3.05) is 13.7 Å². The maximum absolute atomic E-state index is 12.4. The third-order valence-electron chi connectivity index (χ3n) is 7.70. The lowest BCUT2D eigenvalue weighted by Gasteiger charge is -2.34. The van der Waals surface area contributed by atoms with Crippen molar-refractivity contribution in [1.82, 2.24) is 5.23 Å². The molecule has 1 fully saturated rings. The van der Waals surface area contributed by atoms with Crippen LogP contribution in [0.25, 0.3) is 0 Å². The summed E-state index contributed by atoms with van der Waals surface area (Å²) in [6.45, 7) is 2.04. The number of esters is 2. The lowest BCUT2D eigenvalue weighted by Crippen LogP contribution is -2.30. The minimum absolute atomic E-state index is 0.120. The topological polar surface area (TPSA) is 97.4 Å². The summed E-state index contributed by atoms with van der Waals surface area (Å²) in [7, 11) is 1.35. The molecule has 0 spiro atoms. The molecular weight excluding hydrogens is 450 g/mol. The maximum Gasteiger partial charge on any atom is 0.343 e. The molecule has 192 valence electrons. The molecule has 0 amide bonds. The minimum Gasteiger partial charge on any atom is -0.734 e. The summed E-state index contributed by atoms with van der Waals surface area (Å²) >= 11 is 0. The van der Waals surface area contributed by atoms with Crippen molar-refractivity contribution < 1.29 is 28.6 Å². The third-order valence-corrected chi connectivity index (χ3v) is 7.70. The number of hydrogen-bond acceptors (Lipinski definition) is 8. The van der Waals surface area contributed by atoms with Gasteiger partial charge in [-0.15, -0.1) is 0 Å². The molecule has 1 heterocycles. The molecule has 3 aliphatic rings. The second-order valence-corrected chi connectivity index (χ2v) is 9.87. The van der Waals surface area contributed by atoms with Crippen LogP contribution in [0.4, 0.5) is 0 Å². The summed E-state index contributed by atoms with van der Waals surface area (Å²) in [5, 5.41) is 12.8. The van der Waals surface area contributed by atoms with E-state index >= 15 is 0 Å². The van der Waals surface area contributed by atoms with Gasteiger partial charge in [0.1, 0.15) is 11.9 Å². The monoisotopic (exact) mass is 486 g/mol. The quantitative estimate of drug-likeness (QED) is 0.411. The van der Waals surface area contributed by atoms with E-state index in [0.29, 0.717) is 17.1 Å². The first kappa shape index (κ1) is 25.5. The highest BCUT2D eigenvalue weighted by Gasteiger charge is 2.46. The van der Waals surface area contributed by atoms with Gasteiger partial charge >= 0.3 is 11.9 Å². The van der Waals surface area contributed by atoms with Gasteiger partial charge in [-0.3, -0.25) is 4.84 Å². The van der Waals surface area contributed by atoms with Crippen LogP contribution in [-0.4, -0.2) is 43.1 Å². The van der Waals surface area contributed by atoms with Crippen molar-refractivity contribution in [3.63, 3.8) is 0 Å². The number of methoxy groups -OCH3 is 1. The summed E-state index contributed by atoms with van der Waals surface area (Å²) in [4.78, 5) is 29.6. The number of fused-ring (bicyclic) bond motifs is 4. The molecular formula is C27H36NO7-. The van der Waals surface area contributed by atoms with Crippen LogP contribution in [0.3, 0.4) is 0 Å². The Morgan fingerprint density at radius 2 is 2.06 bits per heavy atom. The lowest BCUT2D eigenvalue weighted by molar-refractivity contribution is -0.148. The van der Waals surface area contributed by atoms with Crippen molar-refractivity contribution in [3.8, 4) is 5.75 Å². The van der Waals surface area contributed by atoms with Crippen molar-refractivity contribution in [2.45, 2.75) is 76.9 Å². The Hall–Kier alpha value is -2.58. The third kappa shape index (κ3) is 6.35. The van der Waals surface area contributed by atoms with Crippen LogP contribution < -0.4 is 4.74 Å². The molecule has 0 saturated heterocycles. The van der Waals surface area contributed by atoms with E-state index in [2.05, 4.69) is 13.0 Å². The first-order chi connectivity index (χ1) is 17.0. The van der Waals surface area contributed by atoms with E-state index in [-0.39, 0.29) is 24.7 Å². The highest BCUT2D eigenvalue weighted by atomic mass is 16.9. The molecule has 8 heteroatoms. The zero-order chi connectivity index (χ0) is 24.8. The van der Waals surface area contributed by atoms with E-state index in [1.807, 2.05) is 12.1 Å². The molecule has 1 aromatic rings. The SMILES string of the molecule is CCCCC[C@H]1CCC2[C@H]3Cc4cccc(OCC(=O)OC)c4C[C@H]3C[C@H]2ON([O-])C=CC(=O)O1. The predicted octanol–water partition coefficient (Wildman–Crippen LogP) is 4.49. The first-order valence-electron chi connectivity index (χ1n) is 12.8. The van der Waals surface area contributed by atoms with Crippen molar-refractivity contribution >= 4 is 11.9 Å². The van der Waals surface area contributed by atoms with E-state index in [0.717, 1.165) is 81.4 Å². The number of unbranched alkanes of at least 4 members (excludes halogenated alkanes) is 2. The van der Waals surface area contributed by atoms with Gasteiger partial charge in [0.25, 0.3) is 0 Å². The summed E-state index contributed by atoms with van der Waals surface area (Å²) in [5.41, 5.74) is 2.34. The van der Waals surface area contributed by atoms with Gasteiger partial charge in [-0.25, -0.2) is 9.59 Å². The van der Waals surface area contributed by atoms with Crippen molar-refractivity contribution in [1.29, 1.82) is 0 Å². The molecule has 0 aromatic heterocycles.